The van der Waals surface area contributed by atoms with E-state index in [4.69, 9.17) is 5.41 Å². The van der Waals surface area contributed by atoms with Crippen molar-refractivity contribution in [1.82, 2.24) is 4.90 Å². The molecule has 24 heavy (non-hydrogen) atoms. The molecule has 1 unspecified atom stereocenters. The lowest BCUT2D eigenvalue weighted by atomic mass is 9.81. The van der Waals surface area contributed by atoms with Crippen LogP contribution in [0.2, 0.25) is 0 Å². The quantitative estimate of drug-likeness (QED) is 0.818. The lowest BCUT2D eigenvalue weighted by Crippen LogP contribution is -2.23. The first-order chi connectivity index (χ1) is 11.1. The summed E-state index contributed by atoms with van der Waals surface area (Å²) in [5.74, 6) is 0.258. The van der Waals surface area contributed by atoms with Gasteiger partial charge < -0.3 is 15.2 Å². The standard InChI is InChI=1S/C21H31N3/c1-21(2,3)20(22)19-13-17(24(6)7)10-11-18(19)16-9-8-15(12-16)14-23(4)5/h8-13,16,22H,14H2,1-7H3. The summed E-state index contributed by atoms with van der Waals surface area (Å²) in [6.07, 6.45) is 6.79. The van der Waals surface area contributed by atoms with E-state index in [9.17, 15) is 0 Å². The maximum Gasteiger partial charge on any atom is 0.0443 e. The molecule has 0 spiro atoms. The van der Waals surface area contributed by atoms with E-state index in [0.717, 1.165) is 17.8 Å². The molecule has 0 saturated carbocycles. The molecular formula is C21H31N3. The van der Waals surface area contributed by atoms with Crippen LogP contribution in [0.5, 0.6) is 0 Å². The molecule has 1 aromatic carbocycles. The first kappa shape index (κ1) is 18.5. The highest BCUT2D eigenvalue weighted by molar-refractivity contribution is 6.04. The zero-order valence-corrected chi connectivity index (χ0v) is 16.1. The van der Waals surface area contributed by atoms with Crippen molar-refractivity contribution >= 4 is 11.4 Å². The second-order valence-electron chi connectivity index (χ2n) is 8.16. The van der Waals surface area contributed by atoms with E-state index in [1.165, 1.54) is 11.1 Å². The van der Waals surface area contributed by atoms with Gasteiger partial charge in [0.1, 0.15) is 0 Å². The number of anilines is 1. The van der Waals surface area contributed by atoms with Gasteiger partial charge in [-0.25, -0.2) is 0 Å². The molecule has 0 aromatic heterocycles. The second-order valence-corrected chi connectivity index (χ2v) is 8.16. The summed E-state index contributed by atoms with van der Waals surface area (Å²) in [7, 11) is 8.28. The van der Waals surface area contributed by atoms with Crippen LogP contribution in [0.3, 0.4) is 0 Å². The van der Waals surface area contributed by atoms with Crippen LogP contribution in [0.4, 0.5) is 5.69 Å². The Morgan fingerprint density at radius 3 is 2.33 bits per heavy atom. The summed E-state index contributed by atoms with van der Waals surface area (Å²) in [6.45, 7) is 7.28. The predicted octanol–water partition coefficient (Wildman–Crippen LogP) is 4.31. The van der Waals surface area contributed by atoms with E-state index in [-0.39, 0.29) is 11.3 Å². The minimum absolute atomic E-state index is 0.168. The van der Waals surface area contributed by atoms with E-state index in [2.05, 4.69) is 81.1 Å². The molecule has 0 fully saturated rings. The molecule has 3 heteroatoms. The Hall–Kier alpha value is -1.87. The third-order valence-electron chi connectivity index (χ3n) is 4.34. The Balaban J connectivity index is 2.45. The van der Waals surface area contributed by atoms with Gasteiger partial charge >= 0.3 is 0 Å². The number of likely N-dealkylation sites (N-methyl/N-ethyl adjacent to an activating group) is 1. The Labute approximate surface area is 147 Å². The van der Waals surface area contributed by atoms with E-state index in [0.29, 0.717) is 5.71 Å². The van der Waals surface area contributed by atoms with Gasteiger partial charge in [0.25, 0.3) is 0 Å². The molecule has 1 aromatic rings. The highest BCUT2D eigenvalue weighted by Gasteiger charge is 2.25. The Kier molecular flexibility index (Phi) is 5.34. The van der Waals surface area contributed by atoms with E-state index >= 15 is 0 Å². The van der Waals surface area contributed by atoms with Crippen LogP contribution in [0.25, 0.3) is 0 Å². The molecule has 1 atom stereocenters. The predicted molar refractivity (Wildman–Crippen MR) is 106 cm³/mol. The second kappa shape index (κ2) is 6.94. The Morgan fingerprint density at radius 1 is 1.12 bits per heavy atom. The molecule has 0 radical (unpaired) electrons. The zero-order chi connectivity index (χ0) is 18.1. The van der Waals surface area contributed by atoms with Crippen molar-refractivity contribution in [3.8, 4) is 0 Å². The van der Waals surface area contributed by atoms with Crippen LogP contribution in [-0.4, -0.2) is 45.3 Å². The maximum atomic E-state index is 8.72. The van der Waals surface area contributed by atoms with E-state index in [1.807, 2.05) is 14.1 Å². The molecule has 3 nitrogen and oxygen atoms in total. The van der Waals surface area contributed by atoms with Crippen LogP contribution in [0.15, 0.2) is 42.0 Å². The van der Waals surface area contributed by atoms with E-state index < -0.39 is 0 Å². The fraction of sp³-hybridized carbons (Fsp3) is 0.476. The van der Waals surface area contributed by atoms with Gasteiger partial charge in [0.2, 0.25) is 0 Å². The average Bonchev–Trinajstić information content (AvgIpc) is 2.92. The SMILES string of the molecule is CN(C)CC1=CC(c2ccc(N(C)C)cc2C(=N)C(C)(C)C)C=C1. The zero-order valence-electron chi connectivity index (χ0n) is 16.1. The number of nitrogens with zero attached hydrogens (tertiary/aromatic N) is 2. The fourth-order valence-electron chi connectivity index (χ4n) is 2.97. The third kappa shape index (κ3) is 4.15. The van der Waals surface area contributed by atoms with Crippen molar-refractivity contribution in [2.24, 2.45) is 5.41 Å². The molecule has 1 aliphatic rings. The summed E-state index contributed by atoms with van der Waals surface area (Å²) < 4.78 is 0. The molecule has 1 N–H and O–H groups in total. The normalized spacial score (nSPS) is 17.3. The van der Waals surface area contributed by atoms with Gasteiger partial charge in [-0.3, -0.25) is 0 Å². The number of rotatable bonds is 5. The Bertz CT molecular complexity index is 673. The number of nitrogens with one attached hydrogen (secondary N) is 1. The van der Waals surface area contributed by atoms with Gasteiger partial charge in [-0.1, -0.05) is 45.1 Å². The van der Waals surface area contributed by atoms with Gasteiger partial charge in [-0.05, 0) is 37.4 Å². The minimum Gasteiger partial charge on any atom is -0.378 e. The van der Waals surface area contributed by atoms with Gasteiger partial charge in [-0.15, -0.1) is 0 Å². The van der Waals surface area contributed by atoms with Crippen LogP contribution in [-0.2, 0) is 0 Å². The molecule has 130 valence electrons. The third-order valence-corrected chi connectivity index (χ3v) is 4.34. The van der Waals surface area contributed by atoms with Crippen LogP contribution in [0.1, 0.15) is 37.8 Å². The highest BCUT2D eigenvalue weighted by atomic mass is 15.1. The van der Waals surface area contributed by atoms with Crippen molar-refractivity contribution < 1.29 is 0 Å². The lowest BCUT2D eigenvalue weighted by molar-refractivity contribution is 0.449. The van der Waals surface area contributed by atoms with Crippen molar-refractivity contribution in [3.63, 3.8) is 0 Å². The molecule has 0 heterocycles. The molecule has 0 bridgehead atoms. The number of hydrogen-bond acceptors (Lipinski definition) is 3. The van der Waals surface area contributed by atoms with E-state index in [1.54, 1.807) is 0 Å². The lowest BCUT2D eigenvalue weighted by Gasteiger charge is -2.25. The van der Waals surface area contributed by atoms with Crippen LogP contribution in [0, 0.1) is 10.8 Å². The monoisotopic (exact) mass is 325 g/mol. The summed E-state index contributed by atoms with van der Waals surface area (Å²) in [5, 5.41) is 8.72. The van der Waals surface area contributed by atoms with Gasteiger partial charge in [-0.2, -0.15) is 0 Å². The van der Waals surface area contributed by atoms with Crippen molar-refractivity contribution in [3.05, 3.63) is 53.1 Å². The summed E-state index contributed by atoms with van der Waals surface area (Å²) in [5.41, 5.74) is 5.30. The molecular weight excluding hydrogens is 294 g/mol. The van der Waals surface area contributed by atoms with Crippen molar-refractivity contribution in [2.75, 3.05) is 39.6 Å². The largest absolute Gasteiger partial charge is 0.378 e. The van der Waals surface area contributed by atoms with Crippen molar-refractivity contribution in [1.29, 1.82) is 5.41 Å². The molecule has 2 rings (SSSR count). The number of benzene rings is 1. The highest BCUT2D eigenvalue weighted by Crippen LogP contribution is 2.34. The summed E-state index contributed by atoms with van der Waals surface area (Å²) >= 11 is 0. The van der Waals surface area contributed by atoms with Crippen molar-refractivity contribution in [2.45, 2.75) is 26.7 Å². The fourth-order valence-corrected chi connectivity index (χ4v) is 2.97. The van der Waals surface area contributed by atoms with Gasteiger partial charge in [0, 0.05) is 48.9 Å². The summed E-state index contributed by atoms with van der Waals surface area (Å²) in [6, 6.07) is 6.50. The molecule has 1 aliphatic carbocycles. The molecule has 0 amide bonds. The smallest absolute Gasteiger partial charge is 0.0443 e. The van der Waals surface area contributed by atoms with Crippen LogP contribution < -0.4 is 4.90 Å². The Morgan fingerprint density at radius 2 is 1.79 bits per heavy atom. The van der Waals surface area contributed by atoms with Crippen LogP contribution >= 0.6 is 0 Å². The molecule has 0 aliphatic heterocycles. The number of hydrogen-bond donors (Lipinski definition) is 1. The summed E-state index contributed by atoms with van der Waals surface area (Å²) in [4.78, 5) is 4.28. The first-order valence-corrected chi connectivity index (χ1v) is 8.54. The minimum atomic E-state index is -0.168. The average molecular weight is 326 g/mol. The number of allylic oxidation sites excluding steroid dienone is 2. The van der Waals surface area contributed by atoms with Gasteiger partial charge in [0.15, 0.2) is 0 Å². The molecule has 0 saturated heterocycles. The topological polar surface area (TPSA) is 30.3 Å². The van der Waals surface area contributed by atoms with Gasteiger partial charge in [0.05, 0.1) is 0 Å². The first-order valence-electron chi connectivity index (χ1n) is 8.54. The maximum absolute atomic E-state index is 8.72.